The molecule has 0 bridgehead atoms. The Morgan fingerprint density at radius 3 is 1.02 bits per heavy atom. The second-order valence-corrected chi connectivity index (χ2v) is 13.3. The summed E-state index contributed by atoms with van der Waals surface area (Å²) in [4.78, 5) is 23.6. The van der Waals surface area contributed by atoms with Crippen LogP contribution in [0.3, 0.4) is 0 Å². The molecule has 4 aromatic carbocycles. The van der Waals surface area contributed by atoms with Gasteiger partial charge in [-0.25, -0.2) is 9.59 Å². The molecule has 0 saturated heterocycles. The van der Waals surface area contributed by atoms with Crippen molar-refractivity contribution in [3.63, 3.8) is 0 Å². The van der Waals surface area contributed by atoms with E-state index in [4.69, 9.17) is 18.9 Å². The fourth-order valence-corrected chi connectivity index (χ4v) is 4.83. The van der Waals surface area contributed by atoms with Gasteiger partial charge in [0.15, 0.2) is 0 Å². The van der Waals surface area contributed by atoms with Gasteiger partial charge in [-0.3, -0.25) is 0 Å². The van der Waals surface area contributed by atoms with Crippen LogP contribution in [0.1, 0.15) is 79.4 Å². The van der Waals surface area contributed by atoms with Crippen LogP contribution in [0.5, 0.6) is 23.0 Å². The minimum atomic E-state index is -0.738. The molecule has 0 spiro atoms. The molecule has 260 valence electrons. The van der Waals surface area contributed by atoms with Crippen LogP contribution >= 0.6 is 0 Å². The Balaban J connectivity index is 1.39. The molecule has 0 atom stereocenters. The van der Waals surface area contributed by atoms with E-state index in [1.54, 1.807) is 90.1 Å². The topological polar surface area (TPSA) is 121 Å². The monoisotopic (exact) mass is 676 g/mol. The molecule has 10 heteroatoms. The van der Waals surface area contributed by atoms with E-state index in [1.165, 1.54) is 11.1 Å². The predicted molar refractivity (Wildman–Crippen MR) is 195 cm³/mol. The number of carbonyl (C=O) groups excluding carboxylic acids is 2. The molecule has 10 nitrogen and oxygen atoms in total. The lowest BCUT2D eigenvalue weighted by molar-refractivity contribution is 0.0580. The number of hydrogen-bond acceptors (Lipinski definition) is 8. The molecule has 0 heterocycles. The number of azo groups is 2. The molecule has 0 aromatic heterocycles. The van der Waals surface area contributed by atoms with E-state index in [-0.39, 0.29) is 0 Å². The van der Waals surface area contributed by atoms with Crippen LogP contribution in [-0.4, -0.2) is 23.4 Å². The van der Waals surface area contributed by atoms with E-state index < -0.39 is 23.4 Å². The van der Waals surface area contributed by atoms with E-state index in [9.17, 15) is 9.59 Å². The highest BCUT2D eigenvalue weighted by atomic mass is 16.6. The smallest absolute Gasteiger partial charge is 0.452 e. The van der Waals surface area contributed by atoms with Crippen LogP contribution in [0.15, 0.2) is 118 Å². The number of rotatable bonds is 10. The van der Waals surface area contributed by atoms with Crippen LogP contribution in [0.2, 0.25) is 0 Å². The van der Waals surface area contributed by atoms with E-state index in [1.807, 2.05) is 24.3 Å². The van der Waals surface area contributed by atoms with Crippen molar-refractivity contribution in [3.05, 3.63) is 108 Å². The number of amides is 2. The van der Waals surface area contributed by atoms with Crippen LogP contribution < -0.4 is 9.47 Å². The van der Waals surface area contributed by atoms with Crippen molar-refractivity contribution in [1.29, 1.82) is 0 Å². The van der Waals surface area contributed by atoms with Crippen molar-refractivity contribution < 1.29 is 28.5 Å². The first kappa shape index (κ1) is 37.2. The van der Waals surface area contributed by atoms with E-state index in [0.717, 1.165) is 24.0 Å². The molecule has 0 aliphatic carbocycles. The molecule has 50 heavy (non-hydrogen) atoms. The summed E-state index contributed by atoms with van der Waals surface area (Å²) in [5.41, 5.74) is 4.52. The van der Waals surface area contributed by atoms with Gasteiger partial charge in [-0.15, -0.1) is 10.2 Å². The highest BCUT2D eigenvalue weighted by molar-refractivity contribution is 5.90. The Labute approximate surface area is 293 Å². The maximum absolute atomic E-state index is 11.8. The summed E-state index contributed by atoms with van der Waals surface area (Å²) in [5.74, 6) is 2.67. The summed E-state index contributed by atoms with van der Waals surface area (Å²) in [5, 5.41) is 15.1. The summed E-state index contributed by atoms with van der Waals surface area (Å²) in [6.45, 7) is 14.9. The lowest BCUT2D eigenvalue weighted by Crippen LogP contribution is -2.21. The summed E-state index contributed by atoms with van der Waals surface area (Å²) >= 11 is 0. The number of carbonyl (C=O) groups is 2. The fraction of sp³-hybridized carbons (Fsp3) is 0.300. The summed E-state index contributed by atoms with van der Waals surface area (Å²) in [6, 6.07) is 30.1. The molecular weight excluding hydrogens is 632 g/mol. The lowest BCUT2D eigenvalue weighted by Gasteiger charge is -2.16. The molecular formula is C40H44N4O6. The van der Waals surface area contributed by atoms with Crippen LogP contribution in [-0.2, 0) is 9.47 Å². The number of allylic oxidation sites excluding steroid dienone is 2. The minimum absolute atomic E-state index is 0.512. The Morgan fingerprint density at radius 1 is 0.480 bits per heavy atom. The summed E-state index contributed by atoms with van der Waals surface area (Å²) in [6.07, 6.45) is 0.244. The third-order valence-electron chi connectivity index (χ3n) is 6.90. The molecule has 4 rings (SSSR count). The van der Waals surface area contributed by atoms with Crippen LogP contribution in [0.25, 0.3) is 11.1 Å². The van der Waals surface area contributed by atoms with Gasteiger partial charge in [0.25, 0.3) is 0 Å². The van der Waals surface area contributed by atoms with Crippen molar-refractivity contribution in [1.82, 2.24) is 0 Å². The average molecular weight is 677 g/mol. The highest BCUT2D eigenvalue weighted by Crippen LogP contribution is 2.34. The number of benzene rings is 4. The molecule has 2 amide bonds. The number of nitrogens with zero attached hydrogens (tertiary/aromatic N) is 4. The van der Waals surface area contributed by atoms with Gasteiger partial charge in [0.05, 0.1) is 11.4 Å². The molecule has 0 saturated carbocycles. The predicted octanol–water partition coefficient (Wildman–Crippen LogP) is 13.0. The van der Waals surface area contributed by atoms with Crippen LogP contribution in [0.4, 0.5) is 21.0 Å². The second-order valence-electron chi connectivity index (χ2n) is 13.3. The van der Waals surface area contributed by atoms with Gasteiger partial charge in [-0.05, 0) is 149 Å². The Bertz CT molecular complexity index is 1690. The Hall–Kier alpha value is -5.64. The summed E-state index contributed by atoms with van der Waals surface area (Å²) in [7, 11) is 0. The maximum atomic E-state index is 11.8. The first-order valence-corrected chi connectivity index (χ1v) is 16.5. The zero-order chi connectivity index (χ0) is 36.3. The molecule has 0 fully saturated rings. The zero-order valence-electron chi connectivity index (χ0n) is 29.9. The quantitative estimate of drug-likeness (QED) is 0.122. The van der Waals surface area contributed by atoms with Crippen molar-refractivity contribution in [2.45, 2.75) is 79.4 Å². The molecule has 0 aliphatic heterocycles. The number of ether oxygens (including phenoxy) is 4. The third-order valence-corrected chi connectivity index (χ3v) is 6.90. The third kappa shape index (κ3) is 11.8. The largest absolute Gasteiger partial charge is 0.457 e. The maximum Gasteiger partial charge on any atom is 0.452 e. The molecule has 0 radical (unpaired) electrons. The van der Waals surface area contributed by atoms with Crippen molar-refractivity contribution in [2.75, 3.05) is 0 Å². The Morgan fingerprint density at radius 2 is 0.760 bits per heavy atom. The van der Waals surface area contributed by atoms with Crippen molar-refractivity contribution in [3.8, 4) is 23.0 Å². The van der Waals surface area contributed by atoms with Crippen LogP contribution in [0, 0.1) is 0 Å². The highest BCUT2D eigenvalue weighted by Gasteiger charge is 2.17. The zero-order valence-corrected chi connectivity index (χ0v) is 29.9. The molecule has 0 unspecified atom stereocenters. The molecule has 0 N–H and O–H groups in total. The van der Waals surface area contributed by atoms with Gasteiger partial charge in [0.1, 0.15) is 34.2 Å². The van der Waals surface area contributed by atoms with Gasteiger partial charge in [0, 0.05) is 0 Å². The lowest BCUT2D eigenvalue weighted by atomic mass is 9.91. The van der Waals surface area contributed by atoms with Gasteiger partial charge < -0.3 is 18.9 Å². The van der Waals surface area contributed by atoms with Crippen molar-refractivity contribution >= 4 is 34.7 Å². The van der Waals surface area contributed by atoms with E-state index in [0.29, 0.717) is 34.4 Å². The van der Waals surface area contributed by atoms with Crippen molar-refractivity contribution in [2.24, 2.45) is 20.5 Å². The molecule has 0 aliphatic rings. The number of hydrogen-bond donors (Lipinski definition) is 0. The van der Waals surface area contributed by atoms with E-state index in [2.05, 4.69) is 58.6 Å². The standard InChI is InChI=1S/C40H44N4O6/c1-9-35(27-11-19-31(20-12-27)47-33-23-15-29(16-24-33)41-43-37(45)49-39(3,4)5)36(10-2)28-13-21-32(22-14-28)48-34-25-17-30(18-26-34)42-44-38(46)50-40(6,7)8/h11-26H,9-10H2,1-8H3/b36-35+,43-41?,44-42?. The SMILES string of the molecule is CC/C(=C(/CC)c1ccc(Oc2ccc(N=NC(=O)OC(C)(C)C)cc2)cc1)c1ccc(Oc2ccc(N=NC(=O)OC(C)(C)C)cc2)cc1. The normalized spacial score (nSPS) is 12.5. The minimum Gasteiger partial charge on any atom is -0.457 e. The van der Waals surface area contributed by atoms with Gasteiger partial charge in [-0.2, -0.15) is 0 Å². The Kier molecular flexibility index (Phi) is 12.4. The van der Waals surface area contributed by atoms with Gasteiger partial charge in [0.2, 0.25) is 0 Å². The fourth-order valence-electron chi connectivity index (χ4n) is 4.83. The van der Waals surface area contributed by atoms with Gasteiger partial charge >= 0.3 is 12.2 Å². The first-order chi connectivity index (χ1) is 23.7. The first-order valence-electron chi connectivity index (χ1n) is 16.5. The average Bonchev–Trinajstić information content (AvgIpc) is 3.06. The second kappa shape index (κ2) is 16.6. The van der Waals surface area contributed by atoms with E-state index >= 15 is 0 Å². The molecule has 4 aromatic rings. The summed E-state index contributed by atoms with van der Waals surface area (Å²) < 4.78 is 22.4. The van der Waals surface area contributed by atoms with Gasteiger partial charge in [-0.1, -0.05) is 48.3 Å².